The molecule has 0 aromatic carbocycles. The van der Waals surface area contributed by atoms with Gasteiger partial charge < -0.3 is 24.5 Å². The molecule has 2 unspecified atom stereocenters. The van der Waals surface area contributed by atoms with Crippen LogP contribution in [0, 0.1) is 5.92 Å². The van der Waals surface area contributed by atoms with E-state index < -0.39 is 17.5 Å². The number of aliphatic carboxylic acids is 1. The normalized spacial score (nSPS) is 22.4. The maximum atomic E-state index is 12.2. The minimum Gasteiger partial charge on any atom is -0.481 e. The lowest BCUT2D eigenvalue weighted by atomic mass is 10.1. The number of fused-ring (bicyclic) bond motifs is 1. The zero-order chi connectivity index (χ0) is 18.1. The summed E-state index contributed by atoms with van der Waals surface area (Å²) in [5.74, 6) is -1.22. The minimum absolute atomic E-state index is 0.102. The van der Waals surface area contributed by atoms with Crippen LogP contribution in [-0.2, 0) is 9.53 Å². The van der Waals surface area contributed by atoms with E-state index >= 15 is 0 Å². The molecule has 0 radical (unpaired) electrons. The van der Waals surface area contributed by atoms with Crippen molar-refractivity contribution in [1.29, 1.82) is 0 Å². The smallest absolute Gasteiger partial charge is 0.410 e. The number of hydrogen-bond acceptors (Lipinski definition) is 4. The SMILES string of the molecule is CCC(CN1CC2CN(C(=O)OC(C)(C)C)CCN2C1=S)C(=O)O. The summed E-state index contributed by atoms with van der Waals surface area (Å²) in [6.07, 6.45) is 0.270. The predicted octanol–water partition coefficient (Wildman–Crippen LogP) is 1.62. The third-order valence-corrected chi connectivity index (χ3v) is 4.86. The van der Waals surface area contributed by atoms with Crippen LogP contribution in [0.25, 0.3) is 0 Å². The first-order valence-electron chi connectivity index (χ1n) is 8.38. The van der Waals surface area contributed by atoms with E-state index in [0.29, 0.717) is 44.3 Å². The fourth-order valence-electron chi connectivity index (χ4n) is 3.07. The molecule has 2 heterocycles. The van der Waals surface area contributed by atoms with Gasteiger partial charge in [0.1, 0.15) is 5.60 Å². The van der Waals surface area contributed by atoms with Crippen LogP contribution < -0.4 is 0 Å². The molecule has 0 saturated carbocycles. The fraction of sp³-hybridized carbons (Fsp3) is 0.812. The molecule has 2 atom stereocenters. The van der Waals surface area contributed by atoms with Gasteiger partial charge in [-0.1, -0.05) is 6.92 Å². The number of carboxylic acids is 1. The lowest BCUT2D eigenvalue weighted by Crippen LogP contribution is -2.54. The number of rotatable bonds is 4. The Bertz CT molecular complexity index is 520. The third-order valence-electron chi connectivity index (χ3n) is 4.36. The Kier molecular flexibility index (Phi) is 5.57. The second-order valence-corrected chi connectivity index (χ2v) is 7.77. The van der Waals surface area contributed by atoms with Crippen LogP contribution in [-0.4, -0.2) is 81.3 Å². The Morgan fingerprint density at radius 2 is 2.00 bits per heavy atom. The fourth-order valence-corrected chi connectivity index (χ4v) is 3.46. The monoisotopic (exact) mass is 357 g/mol. The zero-order valence-electron chi connectivity index (χ0n) is 14.8. The number of ether oxygens (including phenoxy) is 1. The predicted molar refractivity (Wildman–Crippen MR) is 93.9 cm³/mol. The van der Waals surface area contributed by atoms with Crippen molar-refractivity contribution < 1.29 is 19.4 Å². The second kappa shape index (κ2) is 7.13. The van der Waals surface area contributed by atoms with Crippen molar-refractivity contribution in [2.75, 3.05) is 32.7 Å². The highest BCUT2D eigenvalue weighted by atomic mass is 32.1. The molecule has 2 saturated heterocycles. The van der Waals surface area contributed by atoms with E-state index in [-0.39, 0.29) is 12.1 Å². The molecule has 8 heteroatoms. The molecule has 1 N–H and O–H groups in total. The van der Waals surface area contributed by atoms with E-state index in [1.54, 1.807) is 4.90 Å². The minimum atomic E-state index is -0.791. The maximum Gasteiger partial charge on any atom is 0.410 e. The standard InChI is InChI=1S/C16H27N3O4S/c1-5-11(13(20)21)8-18-10-12-9-17(6-7-19(12)14(18)24)15(22)23-16(2,3)4/h11-12H,5-10H2,1-4H3,(H,20,21). The summed E-state index contributed by atoms with van der Waals surface area (Å²) >= 11 is 5.51. The highest BCUT2D eigenvalue weighted by molar-refractivity contribution is 7.80. The van der Waals surface area contributed by atoms with Gasteiger partial charge in [0.05, 0.1) is 12.0 Å². The van der Waals surface area contributed by atoms with Gasteiger partial charge in [0.25, 0.3) is 0 Å². The summed E-state index contributed by atoms with van der Waals surface area (Å²) in [4.78, 5) is 29.3. The molecule has 0 spiro atoms. The zero-order valence-corrected chi connectivity index (χ0v) is 15.6. The average Bonchev–Trinajstić information content (AvgIpc) is 2.78. The van der Waals surface area contributed by atoms with Gasteiger partial charge >= 0.3 is 12.1 Å². The second-order valence-electron chi connectivity index (χ2n) is 7.40. The largest absolute Gasteiger partial charge is 0.481 e. The quantitative estimate of drug-likeness (QED) is 0.767. The van der Waals surface area contributed by atoms with Crippen molar-refractivity contribution in [1.82, 2.24) is 14.7 Å². The van der Waals surface area contributed by atoms with Crippen molar-refractivity contribution in [3.63, 3.8) is 0 Å². The summed E-state index contributed by atoms with van der Waals surface area (Å²) in [5.41, 5.74) is -0.513. The van der Waals surface area contributed by atoms with E-state index in [4.69, 9.17) is 17.0 Å². The Morgan fingerprint density at radius 3 is 2.54 bits per heavy atom. The lowest BCUT2D eigenvalue weighted by Gasteiger charge is -2.37. The Hall–Kier alpha value is -1.57. The molecule has 0 aliphatic carbocycles. The van der Waals surface area contributed by atoms with E-state index in [1.807, 2.05) is 32.6 Å². The third kappa shape index (κ3) is 4.28. The molecule has 2 fully saturated rings. The van der Waals surface area contributed by atoms with Crippen molar-refractivity contribution in [2.24, 2.45) is 5.92 Å². The molecular formula is C16H27N3O4S. The Labute approximate surface area is 148 Å². The van der Waals surface area contributed by atoms with Gasteiger partial charge in [0.2, 0.25) is 0 Å². The summed E-state index contributed by atoms with van der Waals surface area (Å²) in [6, 6.07) is 0.102. The Morgan fingerprint density at radius 1 is 1.33 bits per heavy atom. The number of nitrogens with zero attached hydrogens (tertiary/aromatic N) is 3. The number of carbonyl (C=O) groups excluding carboxylic acids is 1. The van der Waals surface area contributed by atoms with Crippen molar-refractivity contribution >= 4 is 29.4 Å². The van der Waals surface area contributed by atoms with E-state index in [9.17, 15) is 14.7 Å². The number of carbonyl (C=O) groups is 2. The number of hydrogen-bond donors (Lipinski definition) is 1. The van der Waals surface area contributed by atoms with Crippen LogP contribution in [0.3, 0.4) is 0 Å². The lowest BCUT2D eigenvalue weighted by molar-refractivity contribution is -0.142. The molecule has 0 aromatic heterocycles. The number of amides is 1. The van der Waals surface area contributed by atoms with Gasteiger partial charge in [-0.3, -0.25) is 4.79 Å². The first-order chi connectivity index (χ1) is 11.1. The van der Waals surface area contributed by atoms with Crippen LogP contribution >= 0.6 is 12.2 Å². The van der Waals surface area contributed by atoms with Crippen molar-refractivity contribution in [3.05, 3.63) is 0 Å². The van der Waals surface area contributed by atoms with E-state index in [0.717, 1.165) is 0 Å². The highest BCUT2D eigenvalue weighted by Crippen LogP contribution is 2.23. The Balaban J connectivity index is 1.97. The van der Waals surface area contributed by atoms with Crippen molar-refractivity contribution in [2.45, 2.75) is 45.8 Å². The maximum absolute atomic E-state index is 12.2. The van der Waals surface area contributed by atoms with Crippen LogP contribution in [0.15, 0.2) is 0 Å². The molecule has 0 aromatic rings. The van der Waals surface area contributed by atoms with Gasteiger partial charge in [0.15, 0.2) is 5.11 Å². The summed E-state index contributed by atoms with van der Waals surface area (Å²) in [6.45, 7) is 10.3. The summed E-state index contributed by atoms with van der Waals surface area (Å²) in [5, 5.41) is 9.95. The van der Waals surface area contributed by atoms with Gasteiger partial charge in [0, 0.05) is 32.7 Å². The molecule has 0 bridgehead atoms. The molecular weight excluding hydrogens is 330 g/mol. The highest BCUT2D eigenvalue weighted by Gasteiger charge is 2.41. The van der Waals surface area contributed by atoms with Gasteiger partial charge in [-0.25, -0.2) is 4.79 Å². The van der Waals surface area contributed by atoms with Crippen molar-refractivity contribution in [3.8, 4) is 0 Å². The molecule has 136 valence electrons. The molecule has 24 heavy (non-hydrogen) atoms. The van der Waals surface area contributed by atoms with Crippen LogP contribution in [0.2, 0.25) is 0 Å². The topological polar surface area (TPSA) is 73.3 Å². The molecule has 2 aliphatic rings. The molecule has 7 nitrogen and oxygen atoms in total. The average molecular weight is 357 g/mol. The van der Waals surface area contributed by atoms with E-state index in [1.165, 1.54) is 0 Å². The number of piperazine rings is 1. The van der Waals surface area contributed by atoms with Crippen LogP contribution in [0.5, 0.6) is 0 Å². The van der Waals surface area contributed by atoms with Gasteiger partial charge in [-0.2, -0.15) is 0 Å². The van der Waals surface area contributed by atoms with Crippen LogP contribution in [0.4, 0.5) is 4.79 Å². The first-order valence-corrected chi connectivity index (χ1v) is 8.79. The van der Waals surface area contributed by atoms with Crippen LogP contribution in [0.1, 0.15) is 34.1 Å². The number of thiocarbonyl (C=S) groups is 1. The van der Waals surface area contributed by atoms with Gasteiger partial charge in [-0.15, -0.1) is 0 Å². The number of carboxylic acid groups (broad SMARTS) is 1. The molecule has 1 amide bonds. The summed E-state index contributed by atoms with van der Waals surface area (Å²) in [7, 11) is 0. The first kappa shape index (κ1) is 18.8. The summed E-state index contributed by atoms with van der Waals surface area (Å²) < 4.78 is 5.44. The molecule has 2 rings (SSSR count). The van der Waals surface area contributed by atoms with Gasteiger partial charge in [-0.05, 0) is 39.4 Å². The van der Waals surface area contributed by atoms with E-state index in [2.05, 4.69) is 4.90 Å². The molecule has 2 aliphatic heterocycles.